The summed E-state index contributed by atoms with van der Waals surface area (Å²) >= 11 is 0. The van der Waals surface area contributed by atoms with E-state index in [0.717, 1.165) is 17.8 Å². The van der Waals surface area contributed by atoms with E-state index < -0.39 is 0 Å². The molecule has 1 fully saturated rings. The van der Waals surface area contributed by atoms with E-state index in [4.69, 9.17) is 0 Å². The van der Waals surface area contributed by atoms with E-state index in [1.54, 1.807) is 6.20 Å². The van der Waals surface area contributed by atoms with Gasteiger partial charge in [-0.2, -0.15) is 0 Å². The van der Waals surface area contributed by atoms with Crippen LogP contribution in [-0.4, -0.2) is 67.9 Å². The van der Waals surface area contributed by atoms with Gasteiger partial charge in [0.05, 0.1) is 33.0 Å². The van der Waals surface area contributed by atoms with Crippen LogP contribution in [0.5, 0.6) is 0 Å². The van der Waals surface area contributed by atoms with Gasteiger partial charge < -0.3 is 5.32 Å². The highest BCUT2D eigenvalue weighted by molar-refractivity contribution is 4.66. The number of nitrogens with one attached hydrogen (secondary N) is 1. The van der Waals surface area contributed by atoms with E-state index >= 15 is 0 Å². The Kier molecular flexibility index (Phi) is 10.2. The summed E-state index contributed by atoms with van der Waals surface area (Å²) in [6, 6.07) is 0. The number of unbranched alkanes of at least 4 members (excludes halogenated alkanes) is 6. The van der Waals surface area contributed by atoms with E-state index in [1.165, 1.54) is 71.1 Å². The van der Waals surface area contributed by atoms with Crippen molar-refractivity contribution in [3.63, 3.8) is 0 Å². The maximum Gasteiger partial charge on any atom is 0.139 e. The lowest BCUT2D eigenvalue weighted by Gasteiger charge is -2.23. The predicted octanol–water partition coefficient (Wildman–Crippen LogP) is 3.20. The third-order valence-electron chi connectivity index (χ3n) is 4.91. The van der Waals surface area contributed by atoms with Crippen molar-refractivity contribution < 1.29 is 4.48 Å². The van der Waals surface area contributed by atoms with Crippen LogP contribution in [0.4, 0.5) is 0 Å². The van der Waals surface area contributed by atoms with Crippen LogP contribution < -0.4 is 5.32 Å². The number of hydrogen-bond acceptors (Lipinski definition) is 3. The van der Waals surface area contributed by atoms with Crippen molar-refractivity contribution in [1.29, 1.82) is 0 Å². The van der Waals surface area contributed by atoms with E-state index in [2.05, 4.69) is 48.6 Å². The molecule has 4 heteroatoms. The van der Waals surface area contributed by atoms with Gasteiger partial charge in [0, 0.05) is 6.54 Å². The average molecular weight is 324 g/mol. The van der Waals surface area contributed by atoms with Gasteiger partial charge >= 0.3 is 0 Å². The minimum atomic E-state index is 0.906. The summed E-state index contributed by atoms with van der Waals surface area (Å²) in [5.74, 6) is 0. The first-order valence-corrected chi connectivity index (χ1v) is 9.32. The highest BCUT2D eigenvalue weighted by Crippen LogP contribution is 2.15. The molecule has 1 heterocycles. The summed E-state index contributed by atoms with van der Waals surface area (Å²) in [5, 5.41) is 3.13. The minimum Gasteiger partial charge on any atom is -0.379 e. The van der Waals surface area contributed by atoms with Crippen LogP contribution in [-0.2, 0) is 0 Å². The molecule has 0 aliphatic carbocycles. The van der Waals surface area contributed by atoms with Crippen molar-refractivity contribution in [3.8, 4) is 0 Å². The summed E-state index contributed by atoms with van der Waals surface area (Å²) in [5.41, 5.74) is 0. The Balaban J connectivity index is 1.85. The van der Waals surface area contributed by atoms with Crippen molar-refractivity contribution in [1.82, 2.24) is 15.1 Å². The van der Waals surface area contributed by atoms with Crippen LogP contribution >= 0.6 is 0 Å². The van der Waals surface area contributed by atoms with Crippen LogP contribution in [0.25, 0.3) is 0 Å². The molecule has 23 heavy (non-hydrogen) atoms. The van der Waals surface area contributed by atoms with Crippen molar-refractivity contribution in [2.75, 3.05) is 53.6 Å². The van der Waals surface area contributed by atoms with Gasteiger partial charge in [0.1, 0.15) is 6.67 Å². The van der Waals surface area contributed by atoms with Gasteiger partial charge in [-0.25, -0.2) is 0 Å². The fourth-order valence-electron chi connectivity index (χ4n) is 3.20. The fourth-order valence-corrected chi connectivity index (χ4v) is 3.20. The quantitative estimate of drug-likeness (QED) is 0.301. The van der Waals surface area contributed by atoms with Crippen LogP contribution in [0.2, 0.25) is 0 Å². The van der Waals surface area contributed by atoms with Crippen molar-refractivity contribution >= 4 is 0 Å². The maximum atomic E-state index is 3.95. The van der Waals surface area contributed by atoms with Crippen molar-refractivity contribution in [2.45, 2.75) is 44.9 Å². The van der Waals surface area contributed by atoms with Crippen LogP contribution in [0.3, 0.4) is 0 Å². The molecule has 0 aromatic rings. The van der Waals surface area contributed by atoms with Crippen molar-refractivity contribution in [2.24, 2.45) is 0 Å². The van der Waals surface area contributed by atoms with Crippen molar-refractivity contribution in [3.05, 3.63) is 25.6 Å². The first kappa shape index (κ1) is 20.2. The van der Waals surface area contributed by atoms with Gasteiger partial charge in [-0.3, -0.25) is 14.3 Å². The maximum absolute atomic E-state index is 3.95. The van der Waals surface area contributed by atoms with E-state index in [0.29, 0.717) is 0 Å². The second kappa shape index (κ2) is 11.7. The molecular weight excluding hydrogens is 284 g/mol. The molecule has 0 radical (unpaired) electrons. The molecule has 1 aliphatic heterocycles. The Labute approximate surface area is 144 Å². The van der Waals surface area contributed by atoms with Gasteiger partial charge in [0.15, 0.2) is 0 Å². The number of rotatable bonds is 14. The number of hydrogen-bond donors (Lipinski definition) is 1. The highest BCUT2D eigenvalue weighted by atomic mass is 15.5. The zero-order chi connectivity index (χ0) is 17.0. The normalized spacial score (nSPS) is 21.7. The Hall–Kier alpha value is -0.840. The first-order chi connectivity index (χ1) is 11.1. The lowest BCUT2D eigenvalue weighted by Crippen LogP contribution is -2.37. The topological polar surface area (TPSA) is 18.5 Å². The largest absolute Gasteiger partial charge is 0.379 e. The van der Waals surface area contributed by atoms with Crippen LogP contribution in [0, 0.1) is 0 Å². The Morgan fingerprint density at radius 1 is 1.09 bits per heavy atom. The molecule has 1 saturated heterocycles. The van der Waals surface area contributed by atoms with Gasteiger partial charge in [-0.05, 0) is 39.2 Å². The standard InChI is InChI=1S/C19H39N4/c1-5-20-18-21(3)14-12-10-8-7-9-11-13-15-22-16-17-23(4,6-2)19-22/h5-6,20H,1-2,7-19H2,3-4H3/q+1. The lowest BCUT2D eigenvalue weighted by molar-refractivity contribution is -0.850. The summed E-state index contributed by atoms with van der Waals surface area (Å²) in [4.78, 5) is 4.90. The fraction of sp³-hybridized carbons (Fsp3) is 0.789. The Morgan fingerprint density at radius 2 is 1.74 bits per heavy atom. The average Bonchev–Trinajstić information content (AvgIpc) is 2.93. The van der Waals surface area contributed by atoms with E-state index in [-0.39, 0.29) is 0 Å². The van der Waals surface area contributed by atoms with Gasteiger partial charge in [0.2, 0.25) is 0 Å². The molecule has 0 saturated carbocycles. The molecule has 0 spiro atoms. The lowest BCUT2D eigenvalue weighted by atomic mass is 10.1. The number of likely N-dealkylation sites (N-methyl/N-ethyl adjacent to an activating group) is 1. The molecule has 0 amide bonds. The second-order valence-corrected chi connectivity index (χ2v) is 7.27. The number of nitrogens with zero attached hydrogens (tertiary/aromatic N) is 3. The molecule has 4 nitrogen and oxygen atoms in total. The molecule has 1 atom stereocenters. The SMILES string of the molecule is C=CNCN(C)CCCCCCCCCN1CC[N+](C)(C=C)C1. The minimum absolute atomic E-state index is 0.906. The molecule has 1 N–H and O–H groups in total. The Bertz CT molecular complexity index is 331. The zero-order valence-corrected chi connectivity index (χ0v) is 15.6. The van der Waals surface area contributed by atoms with Gasteiger partial charge in [-0.15, -0.1) is 0 Å². The number of quaternary nitrogens is 1. The molecule has 1 unspecified atom stereocenters. The summed E-state index contributed by atoms with van der Waals surface area (Å²) < 4.78 is 1.01. The summed E-state index contributed by atoms with van der Waals surface area (Å²) in [6.07, 6.45) is 13.4. The van der Waals surface area contributed by atoms with Crippen LogP contribution in [0.15, 0.2) is 25.6 Å². The predicted molar refractivity (Wildman–Crippen MR) is 101 cm³/mol. The summed E-state index contributed by atoms with van der Waals surface area (Å²) in [7, 11) is 4.43. The molecule has 134 valence electrons. The molecule has 0 aromatic carbocycles. The molecule has 0 aromatic heterocycles. The van der Waals surface area contributed by atoms with Gasteiger partial charge in [0.25, 0.3) is 0 Å². The molecule has 1 rings (SSSR count). The Morgan fingerprint density at radius 3 is 2.35 bits per heavy atom. The third kappa shape index (κ3) is 9.14. The molecule has 0 bridgehead atoms. The summed E-state index contributed by atoms with van der Waals surface area (Å²) in [6.45, 7) is 14.6. The zero-order valence-electron chi connectivity index (χ0n) is 15.6. The van der Waals surface area contributed by atoms with Crippen LogP contribution in [0.1, 0.15) is 44.9 Å². The first-order valence-electron chi connectivity index (χ1n) is 9.32. The smallest absolute Gasteiger partial charge is 0.139 e. The molecular formula is C19H39N4+. The molecule has 1 aliphatic rings. The van der Waals surface area contributed by atoms with Gasteiger partial charge in [-0.1, -0.05) is 38.7 Å². The monoisotopic (exact) mass is 323 g/mol. The second-order valence-electron chi connectivity index (χ2n) is 7.27. The third-order valence-corrected chi connectivity index (χ3v) is 4.91. The van der Waals surface area contributed by atoms with E-state index in [9.17, 15) is 0 Å². The highest BCUT2D eigenvalue weighted by Gasteiger charge is 2.29. The van der Waals surface area contributed by atoms with E-state index in [1.807, 2.05) is 0 Å².